The topological polar surface area (TPSA) is 71.1 Å². The number of nitrogens with zero attached hydrogens (tertiary/aromatic N) is 4. The van der Waals surface area contributed by atoms with Crippen LogP contribution in [0.1, 0.15) is 11.1 Å². The van der Waals surface area contributed by atoms with Crippen molar-refractivity contribution in [2.45, 2.75) is 19.3 Å². The Morgan fingerprint density at radius 2 is 1.70 bits per heavy atom. The standard InChI is InChI=1S/C22H18ClF3N4O3/c1-33-11-10-29-20(31)18-19(30(21(29)32)17-8-6-16(23)7-9-17)27-13-28(18)12-14-2-4-15(5-3-14)22(24,25)26/h2-9,13H,10-12H2,1H3. The molecule has 0 spiro atoms. The van der Waals surface area contributed by atoms with Crippen LogP contribution in [-0.4, -0.2) is 32.4 Å². The van der Waals surface area contributed by atoms with E-state index in [2.05, 4.69) is 4.98 Å². The van der Waals surface area contributed by atoms with Crippen molar-refractivity contribution in [1.82, 2.24) is 18.7 Å². The zero-order chi connectivity index (χ0) is 23.8. The summed E-state index contributed by atoms with van der Waals surface area (Å²) in [4.78, 5) is 30.7. The van der Waals surface area contributed by atoms with E-state index < -0.39 is 23.0 Å². The second-order valence-corrected chi connectivity index (χ2v) is 7.72. The highest BCUT2D eigenvalue weighted by Gasteiger charge is 2.30. The monoisotopic (exact) mass is 478 g/mol. The second-order valence-electron chi connectivity index (χ2n) is 7.28. The normalized spacial score (nSPS) is 11.9. The van der Waals surface area contributed by atoms with Gasteiger partial charge in [-0.2, -0.15) is 13.2 Å². The highest BCUT2D eigenvalue weighted by Crippen LogP contribution is 2.29. The van der Waals surface area contributed by atoms with Gasteiger partial charge in [-0.1, -0.05) is 23.7 Å². The van der Waals surface area contributed by atoms with Crippen LogP contribution in [0.2, 0.25) is 5.02 Å². The summed E-state index contributed by atoms with van der Waals surface area (Å²) >= 11 is 5.97. The molecule has 0 aliphatic rings. The van der Waals surface area contributed by atoms with Gasteiger partial charge in [0.05, 0.1) is 30.7 Å². The van der Waals surface area contributed by atoms with Gasteiger partial charge in [-0.3, -0.25) is 9.36 Å². The molecular weight excluding hydrogens is 461 g/mol. The third kappa shape index (κ3) is 4.44. The van der Waals surface area contributed by atoms with Crippen molar-refractivity contribution in [2.75, 3.05) is 13.7 Å². The van der Waals surface area contributed by atoms with Crippen LogP contribution in [0.15, 0.2) is 64.4 Å². The van der Waals surface area contributed by atoms with Gasteiger partial charge < -0.3 is 9.30 Å². The van der Waals surface area contributed by atoms with Crippen LogP contribution in [0, 0.1) is 0 Å². The Morgan fingerprint density at radius 1 is 1.03 bits per heavy atom. The summed E-state index contributed by atoms with van der Waals surface area (Å²) in [6.45, 7) is 0.241. The van der Waals surface area contributed by atoms with Gasteiger partial charge in [0.1, 0.15) is 0 Å². The van der Waals surface area contributed by atoms with Crippen molar-refractivity contribution in [2.24, 2.45) is 0 Å². The molecule has 4 rings (SSSR count). The third-order valence-corrected chi connectivity index (χ3v) is 5.39. The van der Waals surface area contributed by atoms with Crippen LogP contribution in [0.25, 0.3) is 16.9 Å². The largest absolute Gasteiger partial charge is 0.416 e. The van der Waals surface area contributed by atoms with E-state index in [0.717, 1.165) is 16.7 Å². The van der Waals surface area contributed by atoms with Gasteiger partial charge >= 0.3 is 11.9 Å². The lowest BCUT2D eigenvalue weighted by molar-refractivity contribution is -0.137. The Morgan fingerprint density at radius 3 is 2.30 bits per heavy atom. The van der Waals surface area contributed by atoms with E-state index in [1.54, 1.807) is 24.3 Å². The first-order chi connectivity index (χ1) is 15.7. The molecule has 0 amide bonds. The molecule has 0 radical (unpaired) electrons. The number of imidazole rings is 1. The van der Waals surface area contributed by atoms with Crippen molar-refractivity contribution in [1.29, 1.82) is 0 Å². The second kappa shape index (κ2) is 8.87. The Labute approximate surface area is 190 Å². The van der Waals surface area contributed by atoms with Crippen molar-refractivity contribution >= 4 is 22.8 Å². The maximum Gasteiger partial charge on any atom is 0.416 e. The number of ether oxygens (including phenoxy) is 1. The lowest BCUT2D eigenvalue weighted by Crippen LogP contribution is -2.41. The van der Waals surface area contributed by atoms with Crippen molar-refractivity contribution in [3.8, 4) is 5.69 Å². The van der Waals surface area contributed by atoms with E-state index >= 15 is 0 Å². The van der Waals surface area contributed by atoms with E-state index in [4.69, 9.17) is 16.3 Å². The number of hydrogen-bond acceptors (Lipinski definition) is 4. The summed E-state index contributed by atoms with van der Waals surface area (Å²) in [5, 5.41) is 0.476. The van der Waals surface area contributed by atoms with Gasteiger partial charge in [-0.05, 0) is 42.0 Å². The zero-order valence-electron chi connectivity index (χ0n) is 17.3. The number of alkyl halides is 3. The number of hydrogen-bond donors (Lipinski definition) is 0. The first-order valence-electron chi connectivity index (χ1n) is 9.82. The number of fused-ring (bicyclic) bond motifs is 1. The van der Waals surface area contributed by atoms with Crippen molar-refractivity contribution in [3.63, 3.8) is 0 Å². The molecule has 4 aromatic rings. The average Bonchev–Trinajstić information content (AvgIpc) is 3.18. The molecule has 2 aromatic heterocycles. The maximum absolute atomic E-state index is 13.2. The van der Waals surface area contributed by atoms with Gasteiger partial charge in [0.25, 0.3) is 5.56 Å². The van der Waals surface area contributed by atoms with Gasteiger partial charge in [-0.15, -0.1) is 0 Å². The molecule has 0 saturated carbocycles. The van der Waals surface area contributed by atoms with Crippen LogP contribution < -0.4 is 11.2 Å². The lowest BCUT2D eigenvalue weighted by Gasteiger charge is -2.13. The van der Waals surface area contributed by atoms with E-state index in [0.29, 0.717) is 16.3 Å². The lowest BCUT2D eigenvalue weighted by atomic mass is 10.1. The zero-order valence-corrected chi connectivity index (χ0v) is 18.1. The molecule has 0 aliphatic heterocycles. The number of halogens is 4. The minimum Gasteiger partial charge on any atom is -0.383 e. The summed E-state index contributed by atoms with van der Waals surface area (Å²) in [5.41, 5.74) is -0.656. The minimum absolute atomic E-state index is 0.0170. The fourth-order valence-electron chi connectivity index (χ4n) is 3.50. The molecule has 172 valence electrons. The molecule has 2 aromatic carbocycles. The van der Waals surface area contributed by atoms with E-state index in [1.807, 2.05) is 0 Å². The summed E-state index contributed by atoms with van der Waals surface area (Å²) < 4.78 is 47.5. The fourth-order valence-corrected chi connectivity index (χ4v) is 3.62. The molecule has 0 N–H and O–H groups in total. The molecule has 0 aliphatic carbocycles. The highest BCUT2D eigenvalue weighted by atomic mass is 35.5. The SMILES string of the molecule is COCCn1c(=O)c2c(ncn2Cc2ccc(C(F)(F)F)cc2)n(-c2ccc(Cl)cc2)c1=O. The molecule has 0 fully saturated rings. The van der Waals surface area contributed by atoms with Gasteiger partial charge in [0, 0.05) is 18.7 Å². The molecule has 0 bridgehead atoms. The van der Waals surface area contributed by atoms with Crippen molar-refractivity contribution < 1.29 is 17.9 Å². The van der Waals surface area contributed by atoms with Crippen LogP contribution >= 0.6 is 11.6 Å². The summed E-state index contributed by atoms with van der Waals surface area (Å²) in [6, 6.07) is 11.1. The Kier molecular flexibility index (Phi) is 6.13. The highest BCUT2D eigenvalue weighted by molar-refractivity contribution is 6.30. The summed E-state index contributed by atoms with van der Waals surface area (Å²) in [7, 11) is 1.45. The molecule has 0 saturated heterocycles. The molecule has 33 heavy (non-hydrogen) atoms. The van der Waals surface area contributed by atoms with Crippen LogP contribution in [0.4, 0.5) is 13.2 Å². The predicted octanol–water partition coefficient (Wildman–Crippen LogP) is 3.72. The Hall–Kier alpha value is -3.37. The van der Waals surface area contributed by atoms with Gasteiger partial charge in [0.2, 0.25) is 0 Å². The number of rotatable bonds is 6. The van der Waals surface area contributed by atoms with E-state index in [1.165, 1.54) is 34.7 Å². The Balaban J connectivity index is 1.87. The molecule has 11 heteroatoms. The van der Waals surface area contributed by atoms with Gasteiger partial charge in [0.15, 0.2) is 11.2 Å². The maximum atomic E-state index is 13.2. The van der Waals surface area contributed by atoms with Crippen LogP contribution in [0.5, 0.6) is 0 Å². The predicted molar refractivity (Wildman–Crippen MR) is 117 cm³/mol. The van der Waals surface area contributed by atoms with Crippen LogP contribution in [-0.2, 0) is 24.0 Å². The van der Waals surface area contributed by atoms with E-state index in [9.17, 15) is 22.8 Å². The van der Waals surface area contributed by atoms with E-state index in [-0.39, 0.29) is 30.9 Å². The number of benzene rings is 2. The molecule has 0 atom stereocenters. The first kappa shape index (κ1) is 22.8. The molecule has 2 heterocycles. The molecular formula is C22H18ClF3N4O3. The molecule has 7 nitrogen and oxygen atoms in total. The quantitative estimate of drug-likeness (QED) is 0.423. The minimum atomic E-state index is -4.44. The first-order valence-corrected chi connectivity index (χ1v) is 10.2. The Bertz CT molecular complexity index is 1410. The van der Waals surface area contributed by atoms with Crippen LogP contribution in [0.3, 0.4) is 0 Å². The third-order valence-electron chi connectivity index (χ3n) is 5.14. The van der Waals surface area contributed by atoms with Crippen molar-refractivity contribution in [3.05, 3.63) is 91.8 Å². The van der Waals surface area contributed by atoms with Gasteiger partial charge in [-0.25, -0.2) is 14.3 Å². The smallest absolute Gasteiger partial charge is 0.383 e. The summed E-state index contributed by atoms with van der Waals surface area (Å²) in [5.74, 6) is 0. The average molecular weight is 479 g/mol. The molecule has 0 unspecified atom stereocenters. The summed E-state index contributed by atoms with van der Waals surface area (Å²) in [6.07, 6.45) is -3.06. The number of methoxy groups -OCH3 is 1. The fraction of sp³-hybridized carbons (Fsp3) is 0.227. The number of aromatic nitrogens is 4.